The number of hydrogen-bond donors (Lipinski definition) is 3. The third-order valence-corrected chi connectivity index (χ3v) is 7.37. The monoisotopic (exact) mass is 557 g/mol. The Labute approximate surface area is 236 Å². The standard InChI is InChI=1S/C30H31N5O6/c1-41-23-14-12-19(13-15-23)27-29(31-21-8-3-2-4-9-21)34-16-6-11-24(28(34)33-27)30(38)32-25(18-26(36)37)20-7-5-10-22(17-20)35(39)40/h5-7,10-17,21,25,31H,2-4,8-9,18H2,1H3,(H,32,38)(H,36,37). The second kappa shape index (κ2) is 12.1. The minimum atomic E-state index is -1.15. The molecule has 1 saturated carbocycles. The van der Waals surface area contributed by atoms with Crippen molar-refractivity contribution >= 4 is 29.0 Å². The lowest BCUT2D eigenvalue weighted by Crippen LogP contribution is -2.30. The smallest absolute Gasteiger partial charge is 0.305 e. The van der Waals surface area contributed by atoms with Crippen molar-refractivity contribution in [3.8, 4) is 17.0 Å². The van der Waals surface area contributed by atoms with Gasteiger partial charge < -0.3 is 20.5 Å². The van der Waals surface area contributed by atoms with Crippen molar-refractivity contribution in [3.63, 3.8) is 0 Å². The molecule has 0 aliphatic heterocycles. The van der Waals surface area contributed by atoms with Crippen molar-refractivity contribution in [1.29, 1.82) is 0 Å². The molecule has 212 valence electrons. The zero-order chi connectivity index (χ0) is 28.9. The molecule has 1 aliphatic rings. The number of non-ortho nitro benzene ring substituents is 1. The molecule has 0 radical (unpaired) electrons. The lowest BCUT2D eigenvalue weighted by Gasteiger charge is -2.24. The summed E-state index contributed by atoms with van der Waals surface area (Å²) in [7, 11) is 1.60. The highest BCUT2D eigenvalue weighted by Gasteiger charge is 2.25. The number of nitrogens with one attached hydrogen (secondary N) is 2. The maximum Gasteiger partial charge on any atom is 0.305 e. The zero-order valence-electron chi connectivity index (χ0n) is 22.6. The van der Waals surface area contributed by atoms with Crippen LogP contribution in [0, 0.1) is 10.1 Å². The van der Waals surface area contributed by atoms with E-state index in [1.807, 2.05) is 34.9 Å². The van der Waals surface area contributed by atoms with Gasteiger partial charge in [0, 0.05) is 29.9 Å². The van der Waals surface area contributed by atoms with Crippen LogP contribution < -0.4 is 15.4 Å². The van der Waals surface area contributed by atoms with Crippen LogP contribution in [0.3, 0.4) is 0 Å². The van der Waals surface area contributed by atoms with Crippen LogP contribution in [0.1, 0.15) is 60.5 Å². The average molecular weight is 558 g/mol. The number of nitrogens with zero attached hydrogens (tertiary/aromatic N) is 3. The predicted molar refractivity (Wildman–Crippen MR) is 153 cm³/mol. The van der Waals surface area contributed by atoms with Crippen molar-refractivity contribution in [2.45, 2.75) is 50.6 Å². The minimum absolute atomic E-state index is 0.190. The summed E-state index contributed by atoms with van der Waals surface area (Å²) in [6, 6.07) is 15.8. The molecule has 41 heavy (non-hydrogen) atoms. The summed E-state index contributed by atoms with van der Waals surface area (Å²) in [6.07, 6.45) is 6.96. The number of nitro groups is 1. The highest BCUT2D eigenvalue weighted by molar-refractivity contribution is 6.01. The van der Waals surface area contributed by atoms with Gasteiger partial charge in [-0.2, -0.15) is 0 Å². The topological polar surface area (TPSA) is 148 Å². The maximum absolute atomic E-state index is 13.6. The Morgan fingerprint density at radius 1 is 1.12 bits per heavy atom. The first-order chi connectivity index (χ1) is 19.8. The number of ether oxygens (including phenoxy) is 1. The summed E-state index contributed by atoms with van der Waals surface area (Å²) in [6.45, 7) is 0. The fourth-order valence-corrected chi connectivity index (χ4v) is 5.29. The number of pyridine rings is 1. The SMILES string of the molecule is COc1ccc(-c2nc3c(C(=O)NC(CC(=O)O)c4cccc([N+](=O)[O-])c4)cccn3c2NC2CCCCC2)cc1. The first kappa shape index (κ1) is 27.6. The molecule has 2 aromatic carbocycles. The van der Waals surface area contributed by atoms with Crippen LogP contribution in [0.5, 0.6) is 5.75 Å². The van der Waals surface area contributed by atoms with Crippen LogP contribution in [-0.2, 0) is 4.79 Å². The van der Waals surface area contributed by atoms with Gasteiger partial charge in [0.2, 0.25) is 0 Å². The van der Waals surface area contributed by atoms with Gasteiger partial charge >= 0.3 is 5.97 Å². The number of benzene rings is 2. The van der Waals surface area contributed by atoms with Crippen LogP contribution in [0.4, 0.5) is 11.5 Å². The Hall–Kier alpha value is -4.93. The van der Waals surface area contributed by atoms with E-state index in [2.05, 4.69) is 10.6 Å². The van der Waals surface area contributed by atoms with E-state index >= 15 is 0 Å². The number of carboxylic acid groups (broad SMARTS) is 1. The number of rotatable bonds is 10. The second-order valence-electron chi connectivity index (χ2n) is 10.1. The van der Waals surface area contributed by atoms with Crippen LogP contribution in [0.25, 0.3) is 16.9 Å². The summed E-state index contributed by atoms with van der Waals surface area (Å²) < 4.78 is 7.16. The van der Waals surface area contributed by atoms with Gasteiger partial charge in [0.05, 0.1) is 30.1 Å². The number of hydrogen-bond acceptors (Lipinski definition) is 7. The van der Waals surface area contributed by atoms with E-state index in [0.717, 1.165) is 37.1 Å². The van der Waals surface area contributed by atoms with Crippen LogP contribution in [0.2, 0.25) is 0 Å². The largest absolute Gasteiger partial charge is 0.497 e. The predicted octanol–water partition coefficient (Wildman–Crippen LogP) is 5.61. The third-order valence-electron chi connectivity index (χ3n) is 7.37. The number of carbonyl (C=O) groups excluding carboxylic acids is 1. The fraction of sp³-hybridized carbons (Fsp3) is 0.300. The van der Waals surface area contributed by atoms with Crippen molar-refractivity contribution in [3.05, 3.63) is 88.1 Å². The molecule has 1 unspecified atom stereocenters. The second-order valence-corrected chi connectivity index (χ2v) is 10.1. The van der Waals surface area contributed by atoms with Gasteiger partial charge in [-0.25, -0.2) is 4.98 Å². The van der Waals surface area contributed by atoms with Crippen molar-refractivity contribution in [2.24, 2.45) is 0 Å². The molecule has 0 spiro atoms. The van der Waals surface area contributed by atoms with Gasteiger partial charge in [-0.3, -0.25) is 24.1 Å². The first-order valence-corrected chi connectivity index (χ1v) is 13.5. The molecule has 1 amide bonds. The first-order valence-electron chi connectivity index (χ1n) is 13.5. The Bertz CT molecular complexity index is 1580. The molecule has 0 saturated heterocycles. The molecule has 2 heterocycles. The number of carbonyl (C=O) groups is 2. The van der Waals surface area contributed by atoms with Gasteiger partial charge in [-0.15, -0.1) is 0 Å². The van der Waals surface area contributed by atoms with Crippen LogP contribution in [-0.4, -0.2) is 44.4 Å². The van der Waals surface area contributed by atoms with E-state index in [1.165, 1.54) is 24.6 Å². The van der Waals surface area contributed by atoms with Gasteiger partial charge in [-0.1, -0.05) is 31.4 Å². The quantitative estimate of drug-likeness (QED) is 0.168. The molecule has 11 heteroatoms. The third kappa shape index (κ3) is 6.13. The molecule has 3 N–H and O–H groups in total. The Balaban J connectivity index is 1.54. The molecule has 1 fully saturated rings. The van der Waals surface area contributed by atoms with E-state index in [1.54, 1.807) is 25.3 Å². The number of carboxylic acids is 1. The molecule has 2 aromatic heterocycles. The summed E-state index contributed by atoms with van der Waals surface area (Å²) >= 11 is 0. The molecule has 5 rings (SSSR count). The zero-order valence-corrected chi connectivity index (χ0v) is 22.6. The molecule has 1 aliphatic carbocycles. The number of nitro benzene ring substituents is 1. The fourth-order valence-electron chi connectivity index (χ4n) is 5.29. The van der Waals surface area contributed by atoms with Gasteiger partial charge in [0.25, 0.3) is 11.6 Å². The number of amides is 1. The lowest BCUT2D eigenvalue weighted by molar-refractivity contribution is -0.384. The Morgan fingerprint density at radius 2 is 1.88 bits per heavy atom. The normalized spacial score (nSPS) is 14.4. The molecule has 11 nitrogen and oxygen atoms in total. The maximum atomic E-state index is 13.6. The van der Waals surface area contributed by atoms with E-state index in [-0.39, 0.29) is 17.3 Å². The Kier molecular flexibility index (Phi) is 8.14. The summed E-state index contributed by atoms with van der Waals surface area (Å²) in [5.41, 5.74) is 2.31. The number of imidazole rings is 1. The summed E-state index contributed by atoms with van der Waals surface area (Å²) in [5, 5.41) is 27.3. The lowest BCUT2D eigenvalue weighted by atomic mass is 9.95. The molecule has 4 aromatic rings. The van der Waals surface area contributed by atoms with Gasteiger partial charge in [-0.05, 0) is 54.8 Å². The summed E-state index contributed by atoms with van der Waals surface area (Å²) in [4.78, 5) is 40.9. The molecule has 1 atom stereocenters. The van der Waals surface area contributed by atoms with Gasteiger partial charge in [0.1, 0.15) is 17.3 Å². The minimum Gasteiger partial charge on any atom is -0.497 e. The van der Waals surface area contributed by atoms with Crippen molar-refractivity contribution in [2.75, 3.05) is 12.4 Å². The highest BCUT2D eigenvalue weighted by Crippen LogP contribution is 2.33. The van der Waals surface area contributed by atoms with E-state index < -0.39 is 29.3 Å². The summed E-state index contributed by atoms with van der Waals surface area (Å²) in [5.74, 6) is -0.206. The van der Waals surface area contributed by atoms with Gasteiger partial charge in [0.15, 0.2) is 5.65 Å². The van der Waals surface area contributed by atoms with E-state index in [0.29, 0.717) is 22.7 Å². The molecular formula is C30H31N5O6. The number of methoxy groups -OCH3 is 1. The molecular weight excluding hydrogens is 526 g/mol. The molecule has 0 bridgehead atoms. The Morgan fingerprint density at radius 3 is 2.56 bits per heavy atom. The van der Waals surface area contributed by atoms with E-state index in [4.69, 9.17) is 9.72 Å². The number of fused-ring (bicyclic) bond motifs is 1. The number of anilines is 1. The van der Waals surface area contributed by atoms with Crippen LogP contribution >= 0.6 is 0 Å². The average Bonchev–Trinajstić information content (AvgIpc) is 3.35. The van der Waals surface area contributed by atoms with Crippen molar-refractivity contribution < 1.29 is 24.4 Å². The highest BCUT2D eigenvalue weighted by atomic mass is 16.6. The van der Waals surface area contributed by atoms with Crippen LogP contribution in [0.15, 0.2) is 66.9 Å². The van der Waals surface area contributed by atoms with Crippen molar-refractivity contribution in [1.82, 2.24) is 14.7 Å². The van der Waals surface area contributed by atoms with E-state index in [9.17, 15) is 24.8 Å². The number of aliphatic carboxylic acids is 1. The number of aromatic nitrogens is 2.